The molecule has 1 aromatic heterocycles. The molecule has 24 heavy (non-hydrogen) atoms. The van der Waals surface area contributed by atoms with E-state index >= 15 is 0 Å². The predicted molar refractivity (Wildman–Crippen MR) is 95.5 cm³/mol. The van der Waals surface area contributed by atoms with Crippen molar-refractivity contribution in [2.75, 3.05) is 7.11 Å². The minimum Gasteiger partial charge on any atom is -0.465 e. The van der Waals surface area contributed by atoms with Crippen LogP contribution in [0.3, 0.4) is 0 Å². The highest BCUT2D eigenvalue weighted by atomic mass is 16.5. The van der Waals surface area contributed by atoms with Crippen molar-refractivity contribution in [3.05, 3.63) is 83.7 Å². The van der Waals surface area contributed by atoms with Crippen LogP contribution in [0.1, 0.15) is 21.6 Å². The predicted octanol–water partition coefficient (Wildman–Crippen LogP) is 4.32. The third-order valence-corrected chi connectivity index (χ3v) is 3.70. The van der Waals surface area contributed by atoms with Gasteiger partial charge < -0.3 is 9.30 Å². The number of aliphatic imine (C=N–C) groups is 1. The van der Waals surface area contributed by atoms with Crippen molar-refractivity contribution >= 4 is 17.9 Å². The molecule has 3 rings (SSSR count). The highest BCUT2D eigenvalue weighted by molar-refractivity contribution is 5.90. The highest BCUT2D eigenvalue weighted by Crippen LogP contribution is 2.17. The molecule has 0 aliphatic rings. The second-order valence-corrected chi connectivity index (χ2v) is 5.42. The molecule has 0 aliphatic heterocycles. The van der Waals surface area contributed by atoms with Crippen LogP contribution in [0.15, 0.2) is 71.9 Å². The molecular weight excluding hydrogens is 300 g/mol. The van der Waals surface area contributed by atoms with Crippen molar-refractivity contribution in [1.29, 1.82) is 0 Å². The molecule has 0 fully saturated rings. The van der Waals surface area contributed by atoms with Gasteiger partial charge in [-0.05, 0) is 43.3 Å². The van der Waals surface area contributed by atoms with E-state index in [0.717, 1.165) is 16.9 Å². The van der Waals surface area contributed by atoms with Crippen molar-refractivity contribution in [3.63, 3.8) is 0 Å². The normalized spacial score (nSPS) is 10.9. The first-order valence-electron chi connectivity index (χ1n) is 7.64. The van der Waals surface area contributed by atoms with Gasteiger partial charge in [0.25, 0.3) is 0 Å². The average molecular weight is 318 g/mol. The first-order chi connectivity index (χ1) is 11.7. The fraction of sp³-hybridized carbons (Fsp3) is 0.100. The molecule has 4 heteroatoms. The van der Waals surface area contributed by atoms with E-state index in [1.165, 1.54) is 7.11 Å². The molecule has 0 saturated carbocycles. The molecular formula is C20H18N2O2. The van der Waals surface area contributed by atoms with E-state index in [2.05, 4.69) is 34.7 Å². The number of hydrogen-bond donors (Lipinski definition) is 0. The van der Waals surface area contributed by atoms with Crippen LogP contribution >= 0.6 is 0 Å². The molecule has 120 valence electrons. The lowest BCUT2D eigenvalue weighted by Crippen LogP contribution is -1.99. The molecule has 1 heterocycles. The monoisotopic (exact) mass is 318 g/mol. The smallest absolute Gasteiger partial charge is 0.337 e. The third kappa shape index (κ3) is 3.43. The maximum Gasteiger partial charge on any atom is 0.337 e. The maximum atomic E-state index is 11.6. The summed E-state index contributed by atoms with van der Waals surface area (Å²) < 4.78 is 6.85. The number of nitrogens with zero attached hydrogens (tertiary/aromatic N) is 2. The summed E-state index contributed by atoms with van der Waals surface area (Å²) in [5, 5.41) is 0. The van der Waals surface area contributed by atoms with Crippen LogP contribution in [0, 0.1) is 6.92 Å². The SMILES string of the molecule is COC(=O)c1cccc(N=Cc2cc(C)n(-c3ccccc3)c2)c1. The van der Waals surface area contributed by atoms with Crippen LogP contribution in [-0.2, 0) is 4.74 Å². The largest absolute Gasteiger partial charge is 0.465 e. The Balaban J connectivity index is 1.84. The lowest BCUT2D eigenvalue weighted by atomic mass is 10.2. The number of ether oxygens (including phenoxy) is 1. The van der Waals surface area contributed by atoms with E-state index in [1.807, 2.05) is 30.5 Å². The summed E-state index contributed by atoms with van der Waals surface area (Å²) in [7, 11) is 1.37. The third-order valence-electron chi connectivity index (χ3n) is 3.70. The number of aryl methyl sites for hydroxylation is 1. The molecule has 0 amide bonds. The fourth-order valence-corrected chi connectivity index (χ4v) is 2.52. The second-order valence-electron chi connectivity index (χ2n) is 5.42. The van der Waals surface area contributed by atoms with Gasteiger partial charge in [-0.15, -0.1) is 0 Å². The summed E-state index contributed by atoms with van der Waals surface area (Å²) in [6.07, 6.45) is 3.83. The lowest BCUT2D eigenvalue weighted by Gasteiger charge is -2.04. The van der Waals surface area contributed by atoms with Gasteiger partial charge in [0.2, 0.25) is 0 Å². The molecule has 0 unspecified atom stereocenters. The molecule has 0 atom stereocenters. The van der Waals surface area contributed by atoms with Crippen molar-refractivity contribution < 1.29 is 9.53 Å². The standard InChI is InChI=1S/C20H18N2O2/c1-15-11-16(14-22(15)19-9-4-3-5-10-19)13-21-18-8-6-7-17(12-18)20(23)24-2/h3-14H,1-2H3. The number of esters is 1. The first-order valence-corrected chi connectivity index (χ1v) is 7.64. The van der Waals surface area contributed by atoms with Gasteiger partial charge in [0, 0.05) is 29.4 Å². The van der Waals surface area contributed by atoms with Crippen molar-refractivity contribution in [1.82, 2.24) is 4.57 Å². The quantitative estimate of drug-likeness (QED) is 0.531. The van der Waals surface area contributed by atoms with Gasteiger partial charge in [0.1, 0.15) is 0 Å². The van der Waals surface area contributed by atoms with E-state index in [1.54, 1.807) is 24.4 Å². The summed E-state index contributed by atoms with van der Waals surface area (Å²) >= 11 is 0. The highest BCUT2D eigenvalue weighted by Gasteiger charge is 2.05. The van der Waals surface area contributed by atoms with Crippen LogP contribution in [0.2, 0.25) is 0 Å². The van der Waals surface area contributed by atoms with E-state index in [-0.39, 0.29) is 5.97 Å². The Kier molecular flexibility index (Phi) is 4.57. The summed E-state index contributed by atoms with van der Waals surface area (Å²) in [5.41, 5.74) is 4.45. The number of benzene rings is 2. The summed E-state index contributed by atoms with van der Waals surface area (Å²) in [6.45, 7) is 2.06. The Labute approximate surface area is 141 Å². The first kappa shape index (κ1) is 15.7. The van der Waals surface area contributed by atoms with E-state index in [0.29, 0.717) is 11.3 Å². The second kappa shape index (κ2) is 6.96. The summed E-state index contributed by atoms with van der Waals surface area (Å²) in [5.74, 6) is -0.363. The molecule has 0 aliphatic carbocycles. The van der Waals surface area contributed by atoms with E-state index in [4.69, 9.17) is 4.74 Å². The topological polar surface area (TPSA) is 43.6 Å². The molecule has 2 aromatic carbocycles. The molecule has 3 aromatic rings. The number of rotatable bonds is 4. The van der Waals surface area contributed by atoms with Crippen LogP contribution in [0.4, 0.5) is 5.69 Å². The zero-order valence-corrected chi connectivity index (χ0v) is 13.6. The molecule has 0 spiro atoms. The summed E-state index contributed by atoms with van der Waals surface area (Å²) in [4.78, 5) is 16.0. The Morgan fingerprint density at radius 3 is 2.62 bits per heavy atom. The number of methoxy groups -OCH3 is 1. The number of carbonyl (C=O) groups is 1. The van der Waals surface area contributed by atoms with Crippen LogP contribution in [0.5, 0.6) is 0 Å². The Hall–Kier alpha value is -3.14. The van der Waals surface area contributed by atoms with Gasteiger partial charge in [0.15, 0.2) is 0 Å². The number of aromatic nitrogens is 1. The number of hydrogen-bond acceptors (Lipinski definition) is 3. The van der Waals surface area contributed by atoms with E-state index < -0.39 is 0 Å². The van der Waals surface area contributed by atoms with E-state index in [9.17, 15) is 4.79 Å². The average Bonchev–Trinajstić information content (AvgIpc) is 3.01. The van der Waals surface area contributed by atoms with Crippen LogP contribution in [0.25, 0.3) is 5.69 Å². The van der Waals surface area contributed by atoms with Crippen molar-refractivity contribution in [2.45, 2.75) is 6.92 Å². The number of para-hydroxylation sites is 1. The van der Waals surface area contributed by atoms with Gasteiger partial charge in [-0.3, -0.25) is 4.99 Å². The molecule has 0 N–H and O–H groups in total. The van der Waals surface area contributed by atoms with Gasteiger partial charge in [-0.1, -0.05) is 24.3 Å². The Morgan fingerprint density at radius 1 is 1.08 bits per heavy atom. The fourth-order valence-electron chi connectivity index (χ4n) is 2.52. The van der Waals surface area contributed by atoms with Gasteiger partial charge >= 0.3 is 5.97 Å². The van der Waals surface area contributed by atoms with Crippen LogP contribution < -0.4 is 0 Å². The number of carbonyl (C=O) groups excluding carboxylic acids is 1. The Bertz CT molecular complexity index is 880. The molecule has 0 saturated heterocycles. The van der Waals surface area contributed by atoms with Crippen molar-refractivity contribution in [2.24, 2.45) is 4.99 Å². The minimum absolute atomic E-state index is 0.363. The van der Waals surface area contributed by atoms with Gasteiger partial charge in [-0.2, -0.15) is 0 Å². The van der Waals surface area contributed by atoms with Crippen molar-refractivity contribution in [3.8, 4) is 5.69 Å². The zero-order valence-electron chi connectivity index (χ0n) is 13.6. The molecule has 4 nitrogen and oxygen atoms in total. The Morgan fingerprint density at radius 2 is 1.88 bits per heavy atom. The van der Waals surface area contributed by atoms with Gasteiger partial charge in [0.05, 0.1) is 18.4 Å². The molecule has 0 bridgehead atoms. The van der Waals surface area contributed by atoms with Crippen LogP contribution in [-0.4, -0.2) is 23.9 Å². The lowest BCUT2D eigenvalue weighted by molar-refractivity contribution is 0.0601. The molecule has 0 radical (unpaired) electrons. The summed E-state index contributed by atoms with van der Waals surface area (Å²) in [6, 6.07) is 19.3. The zero-order chi connectivity index (χ0) is 16.9. The maximum absolute atomic E-state index is 11.6. The minimum atomic E-state index is -0.363. The van der Waals surface area contributed by atoms with Gasteiger partial charge in [-0.25, -0.2) is 4.79 Å².